The summed E-state index contributed by atoms with van der Waals surface area (Å²) in [6, 6.07) is 9.88. The van der Waals surface area contributed by atoms with Crippen LogP contribution in [-0.2, 0) is 10.0 Å². The van der Waals surface area contributed by atoms with Crippen LogP contribution in [0.5, 0.6) is 17.2 Å². The number of hydrogen-bond donors (Lipinski definition) is 2. The Hall–Kier alpha value is -3.29. The van der Waals surface area contributed by atoms with Gasteiger partial charge in [-0.1, -0.05) is 0 Å². The van der Waals surface area contributed by atoms with Gasteiger partial charge in [0.15, 0.2) is 11.5 Å². The molecule has 0 spiro atoms. The van der Waals surface area contributed by atoms with Gasteiger partial charge in [-0.2, -0.15) is 5.26 Å². The Morgan fingerprint density at radius 2 is 1.56 bits per heavy atom. The van der Waals surface area contributed by atoms with E-state index in [1.165, 1.54) is 57.7 Å². The lowest BCUT2D eigenvalue weighted by Gasteiger charge is -2.14. The Bertz CT molecular complexity index is 956. The van der Waals surface area contributed by atoms with Crippen molar-refractivity contribution in [1.29, 1.82) is 5.26 Å². The first-order valence-electron chi connectivity index (χ1n) is 7.48. The van der Waals surface area contributed by atoms with Crippen molar-refractivity contribution in [3.05, 3.63) is 47.5 Å². The van der Waals surface area contributed by atoms with E-state index in [-0.39, 0.29) is 22.0 Å². The van der Waals surface area contributed by atoms with Gasteiger partial charge >= 0.3 is 0 Å². The molecule has 2 aromatic carbocycles. The molecule has 0 heterocycles. The quantitative estimate of drug-likeness (QED) is 0.679. The maximum atomic E-state index is 12.3. The topological polar surface area (TPSA) is 127 Å². The van der Waals surface area contributed by atoms with Gasteiger partial charge in [-0.15, -0.1) is 4.83 Å². The largest absolute Gasteiger partial charge is 0.493 e. The summed E-state index contributed by atoms with van der Waals surface area (Å²) in [6.45, 7) is 0. The molecule has 0 saturated heterocycles. The predicted octanol–water partition coefficient (Wildman–Crippen LogP) is 1.21. The van der Waals surface area contributed by atoms with E-state index in [2.05, 4.69) is 5.43 Å². The number of carbonyl (C=O) groups excluding carboxylic acids is 1. The zero-order valence-corrected chi connectivity index (χ0v) is 15.6. The van der Waals surface area contributed by atoms with Crippen LogP contribution in [-0.4, -0.2) is 35.7 Å². The van der Waals surface area contributed by atoms with E-state index in [1.807, 2.05) is 10.9 Å². The predicted molar refractivity (Wildman–Crippen MR) is 95.0 cm³/mol. The molecule has 0 radical (unpaired) electrons. The van der Waals surface area contributed by atoms with Crippen molar-refractivity contribution in [3.8, 4) is 23.3 Å². The number of nitrogens with one attached hydrogen (secondary N) is 2. The maximum absolute atomic E-state index is 12.3. The number of sulfonamides is 1. The molecule has 0 aliphatic heterocycles. The molecule has 1 amide bonds. The van der Waals surface area contributed by atoms with Crippen molar-refractivity contribution < 1.29 is 27.4 Å². The Labute approximate surface area is 156 Å². The Morgan fingerprint density at radius 1 is 1.00 bits per heavy atom. The molecule has 0 unspecified atom stereocenters. The minimum Gasteiger partial charge on any atom is -0.493 e. The minimum atomic E-state index is -4.01. The van der Waals surface area contributed by atoms with Crippen molar-refractivity contribution in [2.24, 2.45) is 0 Å². The molecule has 0 bridgehead atoms. The van der Waals surface area contributed by atoms with Crippen molar-refractivity contribution in [2.75, 3.05) is 21.3 Å². The highest BCUT2D eigenvalue weighted by atomic mass is 32.2. The fraction of sp³-hybridized carbons (Fsp3) is 0.176. The van der Waals surface area contributed by atoms with Gasteiger partial charge in [0.05, 0.1) is 37.9 Å². The number of ether oxygens (including phenoxy) is 3. The van der Waals surface area contributed by atoms with Crippen molar-refractivity contribution in [2.45, 2.75) is 4.90 Å². The summed E-state index contributed by atoms with van der Waals surface area (Å²) in [4.78, 5) is 14.2. The van der Waals surface area contributed by atoms with E-state index in [1.54, 1.807) is 0 Å². The Kier molecular flexibility index (Phi) is 6.23. The van der Waals surface area contributed by atoms with Crippen LogP contribution >= 0.6 is 0 Å². The number of amides is 1. The second-order valence-corrected chi connectivity index (χ2v) is 6.79. The highest BCUT2D eigenvalue weighted by molar-refractivity contribution is 7.89. The van der Waals surface area contributed by atoms with Crippen LogP contribution in [0.2, 0.25) is 0 Å². The zero-order valence-electron chi connectivity index (χ0n) is 14.8. The van der Waals surface area contributed by atoms with Crippen molar-refractivity contribution in [3.63, 3.8) is 0 Å². The molecule has 2 rings (SSSR count). The molecule has 10 heteroatoms. The lowest BCUT2D eigenvalue weighted by molar-refractivity contribution is 0.0944. The monoisotopic (exact) mass is 391 g/mol. The van der Waals surface area contributed by atoms with Crippen LogP contribution < -0.4 is 24.5 Å². The number of nitrogens with zero attached hydrogens (tertiary/aromatic N) is 1. The Balaban J connectivity index is 2.20. The van der Waals surface area contributed by atoms with Gasteiger partial charge in [0.1, 0.15) is 0 Å². The van der Waals surface area contributed by atoms with E-state index >= 15 is 0 Å². The Morgan fingerprint density at radius 3 is 2.00 bits per heavy atom. The van der Waals surface area contributed by atoms with Crippen molar-refractivity contribution in [1.82, 2.24) is 10.3 Å². The lowest BCUT2D eigenvalue weighted by Crippen LogP contribution is -2.41. The molecule has 9 nitrogen and oxygen atoms in total. The van der Waals surface area contributed by atoms with Gasteiger partial charge in [0, 0.05) is 5.56 Å². The van der Waals surface area contributed by atoms with Gasteiger partial charge in [-0.3, -0.25) is 10.2 Å². The second-order valence-electron chi connectivity index (χ2n) is 5.11. The van der Waals surface area contributed by atoms with E-state index < -0.39 is 15.9 Å². The number of nitriles is 1. The SMILES string of the molecule is COc1cc(C(=O)NNS(=O)(=O)c2ccc(C#N)cc2)cc(OC)c1OC. The highest BCUT2D eigenvalue weighted by Gasteiger charge is 2.19. The van der Waals surface area contributed by atoms with Crippen LogP contribution in [0.3, 0.4) is 0 Å². The third kappa shape index (κ3) is 4.46. The lowest BCUT2D eigenvalue weighted by atomic mass is 10.1. The number of benzene rings is 2. The van der Waals surface area contributed by atoms with Crippen molar-refractivity contribution >= 4 is 15.9 Å². The van der Waals surface area contributed by atoms with Crippen LogP contribution in [0.1, 0.15) is 15.9 Å². The van der Waals surface area contributed by atoms with Gasteiger partial charge in [0.25, 0.3) is 15.9 Å². The number of hydrogen-bond acceptors (Lipinski definition) is 7. The van der Waals surface area contributed by atoms with Crippen LogP contribution in [0.4, 0.5) is 0 Å². The average molecular weight is 391 g/mol. The second kappa shape index (κ2) is 8.39. The molecular weight excluding hydrogens is 374 g/mol. The normalized spacial score (nSPS) is 10.6. The zero-order chi connectivity index (χ0) is 20.0. The molecule has 0 aliphatic carbocycles. The van der Waals surface area contributed by atoms with Crippen LogP contribution in [0.25, 0.3) is 0 Å². The summed E-state index contributed by atoms with van der Waals surface area (Å²) < 4.78 is 40.0. The standard InChI is InChI=1S/C17H17N3O6S/c1-24-14-8-12(9-15(25-2)16(14)26-3)17(21)19-20-27(22,23)13-6-4-11(10-18)5-7-13/h4-9,20H,1-3H3,(H,19,21). The molecule has 0 saturated carbocycles. The van der Waals surface area contributed by atoms with Gasteiger partial charge in [-0.25, -0.2) is 8.42 Å². The summed E-state index contributed by atoms with van der Waals surface area (Å²) in [5.41, 5.74) is 2.52. The molecular formula is C17H17N3O6S. The fourth-order valence-corrected chi connectivity index (χ4v) is 3.00. The molecule has 27 heavy (non-hydrogen) atoms. The molecule has 142 valence electrons. The number of carbonyl (C=O) groups is 1. The molecule has 2 N–H and O–H groups in total. The smallest absolute Gasteiger partial charge is 0.266 e. The van der Waals surface area contributed by atoms with E-state index in [4.69, 9.17) is 19.5 Å². The number of hydrazine groups is 1. The molecule has 0 aromatic heterocycles. The number of rotatable bonds is 7. The van der Waals surface area contributed by atoms with Gasteiger partial charge in [0.2, 0.25) is 5.75 Å². The minimum absolute atomic E-state index is 0.0898. The maximum Gasteiger partial charge on any atom is 0.266 e. The molecule has 0 fully saturated rings. The summed E-state index contributed by atoms with van der Waals surface area (Å²) in [5, 5.41) is 8.75. The summed E-state index contributed by atoms with van der Waals surface area (Å²) in [7, 11) is 0.202. The first kappa shape index (κ1) is 20.0. The average Bonchev–Trinajstić information content (AvgIpc) is 2.70. The summed E-state index contributed by atoms with van der Waals surface area (Å²) >= 11 is 0. The highest BCUT2D eigenvalue weighted by Crippen LogP contribution is 2.38. The third-order valence-corrected chi connectivity index (χ3v) is 4.78. The van der Waals surface area contributed by atoms with Gasteiger partial charge in [-0.05, 0) is 36.4 Å². The van der Waals surface area contributed by atoms with Crippen LogP contribution in [0, 0.1) is 11.3 Å². The first-order valence-corrected chi connectivity index (χ1v) is 8.97. The summed E-state index contributed by atoms with van der Waals surface area (Å²) in [5.74, 6) is 0.0649. The van der Waals surface area contributed by atoms with Gasteiger partial charge < -0.3 is 14.2 Å². The van der Waals surface area contributed by atoms with E-state index in [0.29, 0.717) is 11.3 Å². The van der Waals surface area contributed by atoms with Crippen LogP contribution in [0.15, 0.2) is 41.3 Å². The molecule has 0 atom stereocenters. The van der Waals surface area contributed by atoms with E-state index in [9.17, 15) is 13.2 Å². The fourth-order valence-electron chi connectivity index (χ4n) is 2.17. The molecule has 2 aromatic rings. The molecule has 0 aliphatic rings. The number of methoxy groups -OCH3 is 3. The summed E-state index contributed by atoms with van der Waals surface area (Å²) in [6.07, 6.45) is 0. The first-order chi connectivity index (χ1) is 12.9. The third-order valence-electron chi connectivity index (χ3n) is 3.52. The van der Waals surface area contributed by atoms with E-state index in [0.717, 1.165) is 0 Å².